The van der Waals surface area contributed by atoms with E-state index in [1.54, 1.807) is 0 Å². The van der Waals surface area contributed by atoms with Crippen LogP contribution in [0.1, 0.15) is 54.4 Å². The van der Waals surface area contributed by atoms with Gasteiger partial charge < -0.3 is 10.5 Å². The Bertz CT molecular complexity index is 211. The van der Waals surface area contributed by atoms with Crippen LogP contribution in [0, 0.1) is 5.41 Å². The number of esters is 1. The van der Waals surface area contributed by atoms with Crippen LogP contribution in [0.2, 0.25) is 0 Å². The number of carbonyl (C=O) groups excluding carboxylic acids is 1. The first-order valence-electron chi connectivity index (χ1n) is 5.50. The Kier molecular flexibility index (Phi) is 4.78. The zero-order chi connectivity index (χ0) is 12.3. The second-order valence-electron chi connectivity index (χ2n) is 6.24. The van der Waals surface area contributed by atoms with Gasteiger partial charge in [0.1, 0.15) is 11.6 Å². The lowest BCUT2D eigenvalue weighted by atomic mass is 9.89. The minimum atomic E-state index is -0.497. The first-order chi connectivity index (χ1) is 6.51. The van der Waals surface area contributed by atoms with Gasteiger partial charge in [0.2, 0.25) is 0 Å². The molecular formula is C12H25NO2. The van der Waals surface area contributed by atoms with Crippen molar-refractivity contribution in [3.63, 3.8) is 0 Å². The molecule has 0 fully saturated rings. The van der Waals surface area contributed by atoms with E-state index in [9.17, 15) is 4.79 Å². The topological polar surface area (TPSA) is 52.3 Å². The van der Waals surface area contributed by atoms with Gasteiger partial charge in [-0.1, -0.05) is 20.8 Å². The zero-order valence-corrected chi connectivity index (χ0v) is 10.9. The van der Waals surface area contributed by atoms with Crippen LogP contribution in [0.4, 0.5) is 0 Å². The summed E-state index contributed by atoms with van der Waals surface area (Å²) in [5, 5.41) is 0. The van der Waals surface area contributed by atoms with E-state index in [0.717, 1.165) is 6.42 Å². The fourth-order valence-electron chi connectivity index (χ4n) is 1.08. The quantitative estimate of drug-likeness (QED) is 0.736. The maximum atomic E-state index is 11.5. The normalized spacial score (nSPS) is 14.9. The third kappa shape index (κ3) is 8.43. The van der Waals surface area contributed by atoms with Crippen LogP contribution in [0.5, 0.6) is 0 Å². The molecule has 0 heterocycles. The van der Waals surface area contributed by atoms with Crippen molar-refractivity contribution < 1.29 is 9.53 Å². The van der Waals surface area contributed by atoms with Crippen LogP contribution in [0.25, 0.3) is 0 Å². The highest BCUT2D eigenvalue weighted by atomic mass is 16.6. The lowest BCUT2D eigenvalue weighted by molar-refractivity contribution is -0.156. The number of rotatable bonds is 3. The monoisotopic (exact) mass is 215 g/mol. The van der Waals surface area contributed by atoms with Gasteiger partial charge in [0.15, 0.2) is 0 Å². The summed E-state index contributed by atoms with van der Waals surface area (Å²) in [5.41, 5.74) is 5.52. The van der Waals surface area contributed by atoms with Gasteiger partial charge in [0, 0.05) is 0 Å². The van der Waals surface area contributed by atoms with E-state index in [2.05, 4.69) is 20.8 Å². The smallest absolute Gasteiger partial charge is 0.323 e. The molecule has 0 aromatic heterocycles. The molecule has 0 saturated heterocycles. The summed E-state index contributed by atoms with van der Waals surface area (Å²) in [6.07, 6.45) is 1.60. The lowest BCUT2D eigenvalue weighted by Crippen LogP contribution is -2.37. The summed E-state index contributed by atoms with van der Waals surface area (Å²) in [5.74, 6) is -0.299. The number of hydrogen-bond donors (Lipinski definition) is 1. The Morgan fingerprint density at radius 1 is 1.20 bits per heavy atom. The molecule has 0 aliphatic rings. The van der Waals surface area contributed by atoms with Crippen molar-refractivity contribution >= 4 is 5.97 Å². The van der Waals surface area contributed by atoms with Gasteiger partial charge in [-0.05, 0) is 39.0 Å². The number of hydrogen-bond acceptors (Lipinski definition) is 3. The molecular weight excluding hydrogens is 190 g/mol. The van der Waals surface area contributed by atoms with Gasteiger partial charge in [-0.15, -0.1) is 0 Å². The van der Waals surface area contributed by atoms with Gasteiger partial charge in [0.05, 0.1) is 0 Å². The van der Waals surface area contributed by atoms with E-state index in [1.165, 1.54) is 0 Å². The van der Waals surface area contributed by atoms with E-state index in [-0.39, 0.29) is 11.4 Å². The maximum absolute atomic E-state index is 11.5. The van der Waals surface area contributed by atoms with E-state index in [4.69, 9.17) is 10.5 Å². The van der Waals surface area contributed by atoms with Gasteiger partial charge >= 0.3 is 5.97 Å². The molecule has 0 bridgehead atoms. The molecule has 3 heteroatoms. The van der Waals surface area contributed by atoms with Crippen molar-refractivity contribution in [1.82, 2.24) is 0 Å². The molecule has 2 N–H and O–H groups in total. The molecule has 0 aromatic carbocycles. The summed E-state index contributed by atoms with van der Waals surface area (Å²) < 4.78 is 5.20. The standard InChI is InChI=1S/C12H25NO2/c1-11(2,3)8-7-9(13)10(14)15-12(4,5)6/h9H,7-8,13H2,1-6H3/t9-/m0/s1. The average molecular weight is 215 g/mol. The summed E-state index contributed by atoms with van der Waals surface area (Å²) in [6.45, 7) is 11.9. The predicted octanol–water partition coefficient (Wildman–Crippen LogP) is 2.48. The minimum Gasteiger partial charge on any atom is -0.459 e. The van der Waals surface area contributed by atoms with E-state index in [0.29, 0.717) is 6.42 Å². The summed E-state index contributed by atoms with van der Waals surface area (Å²) >= 11 is 0. The van der Waals surface area contributed by atoms with Crippen LogP contribution < -0.4 is 5.73 Å². The summed E-state index contributed by atoms with van der Waals surface area (Å²) in [6, 6.07) is -0.497. The molecule has 0 aliphatic carbocycles. The fourth-order valence-corrected chi connectivity index (χ4v) is 1.08. The molecule has 90 valence electrons. The van der Waals surface area contributed by atoms with Crippen LogP contribution in [0.15, 0.2) is 0 Å². The zero-order valence-electron chi connectivity index (χ0n) is 10.9. The Hall–Kier alpha value is -0.570. The van der Waals surface area contributed by atoms with Gasteiger partial charge in [-0.25, -0.2) is 0 Å². The third-order valence-corrected chi connectivity index (χ3v) is 1.91. The number of nitrogens with two attached hydrogens (primary N) is 1. The molecule has 15 heavy (non-hydrogen) atoms. The van der Waals surface area contributed by atoms with Gasteiger partial charge in [-0.3, -0.25) is 4.79 Å². The summed E-state index contributed by atoms with van der Waals surface area (Å²) in [7, 11) is 0. The van der Waals surface area contributed by atoms with Crippen molar-refractivity contribution in [1.29, 1.82) is 0 Å². The van der Waals surface area contributed by atoms with Crippen molar-refractivity contribution in [2.45, 2.75) is 66.0 Å². The van der Waals surface area contributed by atoms with E-state index >= 15 is 0 Å². The van der Waals surface area contributed by atoms with Crippen LogP contribution in [-0.4, -0.2) is 17.6 Å². The van der Waals surface area contributed by atoms with Gasteiger partial charge in [0.25, 0.3) is 0 Å². The molecule has 0 aliphatic heterocycles. The molecule has 0 amide bonds. The summed E-state index contributed by atoms with van der Waals surface area (Å²) in [4.78, 5) is 11.5. The molecule has 3 nitrogen and oxygen atoms in total. The largest absolute Gasteiger partial charge is 0.459 e. The number of carbonyl (C=O) groups is 1. The molecule has 0 unspecified atom stereocenters. The SMILES string of the molecule is CC(C)(C)CC[C@H](N)C(=O)OC(C)(C)C. The minimum absolute atomic E-state index is 0.208. The van der Waals surface area contributed by atoms with Crippen LogP contribution >= 0.6 is 0 Å². The Morgan fingerprint density at radius 2 is 1.67 bits per heavy atom. The van der Waals surface area contributed by atoms with Gasteiger partial charge in [-0.2, -0.15) is 0 Å². The number of ether oxygens (including phenoxy) is 1. The van der Waals surface area contributed by atoms with E-state index < -0.39 is 11.6 Å². The highest BCUT2D eigenvalue weighted by Gasteiger charge is 2.23. The van der Waals surface area contributed by atoms with E-state index in [1.807, 2.05) is 20.8 Å². The Balaban J connectivity index is 4.01. The second-order valence-corrected chi connectivity index (χ2v) is 6.24. The molecule has 0 spiro atoms. The van der Waals surface area contributed by atoms with Crippen molar-refractivity contribution in [2.75, 3.05) is 0 Å². The van der Waals surface area contributed by atoms with Crippen LogP contribution in [-0.2, 0) is 9.53 Å². The van der Waals surface area contributed by atoms with Crippen molar-refractivity contribution in [3.05, 3.63) is 0 Å². The highest BCUT2D eigenvalue weighted by Crippen LogP contribution is 2.21. The van der Waals surface area contributed by atoms with Crippen molar-refractivity contribution in [3.8, 4) is 0 Å². The molecule has 0 saturated carbocycles. The third-order valence-electron chi connectivity index (χ3n) is 1.91. The average Bonchev–Trinajstić information content (AvgIpc) is 1.95. The highest BCUT2D eigenvalue weighted by molar-refractivity contribution is 5.75. The first kappa shape index (κ1) is 14.4. The molecule has 0 rings (SSSR count). The Labute approximate surface area is 93.4 Å². The molecule has 0 aromatic rings. The predicted molar refractivity (Wildman–Crippen MR) is 62.5 cm³/mol. The fraction of sp³-hybridized carbons (Fsp3) is 0.917. The first-order valence-corrected chi connectivity index (χ1v) is 5.50. The van der Waals surface area contributed by atoms with Crippen LogP contribution in [0.3, 0.4) is 0 Å². The second kappa shape index (κ2) is 4.97. The lowest BCUT2D eigenvalue weighted by Gasteiger charge is -2.24. The maximum Gasteiger partial charge on any atom is 0.323 e. The molecule has 0 radical (unpaired) electrons. The van der Waals surface area contributed by atoms with Crippen molar-refractivity contribution in [2.24, 2.45) is 11.1 Å². The Morgan fingerprint density at radius 3 is 2.00 bits per heavy atom. The molecule has 1 atom stereocenters.